The van der Waals surface area contributed by atoms with Gasteiger partial charge in [0.25, 0.3) is 11.8 Å². The lowest BCUT2D eigenvalue weighted by atomic mass is 10.0. The van der Waals surface area contributed by atoms with E-state index in [-0.39, 0.29) is 18.4 Å². The van der Waals surface area contributed by atoms with Gasteiger partial charge in [-0.2, -0.15) is 5.10 Å². The highest BCUT2D eigenvalue weighted by Gasteiger charge is 2.19. The van der Waals surface area contributed by atoms with Crippen LogP contribution in [0.5, 0.6) is 5.75 Å². The minimum absolute atomic E-state index is 0.0484. The number of nitrogens with one attached hydrogen (secondary N) is 2. The summed E-state index contributed by atoms with van der Waals surface area (Å²) < 4.78 is 7.22. The standard InChI is InChI=1S/C23H19N5O3/c1-13-17(11-24-28(13)2)20-10-16(15-5-3-4-6-18(15)26-20)23(30)25-14-7-8-19-21(9-14)31-12-22(29)27-19/h3-11H,12H2,1-2H3,(H,25,30)(H,27,29). The molecule has 0 unspecified atom stereocenters. The van der Waals surface area contributed by atoms with Crippen molar-refractivity contribution in [3.8, 4) is 17.0 Å². The SMILES string of the molecule is Cc1c(-c2cc(C(=O)Nc3ccc4c(c3)OCC(=O)N4)c3ccccc3n2)cnn1C. The van der Waals surface area contributed by atoms with Crippen LogP contribution >= 0.6 is 0 Å². The highest BCUT2D eigenvalue weighted by molar-refractivity contribution is 6.13. The Hall–Kier alpha value is -4.20. The average Bonchev–Trinajstić information content (AvgIpc) is 3.11. The van der Waals surface area contributed by atoms with E-state index in [1.165, 1.54) is 0 Å². The summed E-state index contributed by atoms with van der Waals surface area (Å²) in [6.45, 7) is 1.91. The van der Waals surface area contributed by atoms with Crippen LogP contribution in [0.1, 0.15) is 16.1 Å². The van der Waals surface area contributed by atoms with Crippen LogP contribution in [0.4, 0.5) is 11.4 Å². The summed E-state index contributed by atoms with van der Waals surface area (Å²) in [4.78, 5) is 29.4. The number of hydrogen-bond acceptors (Lipinski definition) is 5. The van der Waals surface area contributed by atoms with Crippen molar-refractivity contribution >= 4 is 34.1 Å². The molecule has 2 N–H and O–H groups in total. The van der Waals surface area contributed by atoms with Crippen molar-refractivity contribution in [2.24, 2.45) is 7.05 Å². The first kappa shape index (κ1) is 18.8. The van der Waals surface area contributed by atoms with Gasteiger partial charge in [0.05, 0.1) is 28.7 Å². The molecule has 0 aliphatic carbocycles. The Labute approximate surface area is 177 Å². The molecule has 1 aliphatic rings. The molecule has 8 heteroatoms. The minimum Gasteiger partial charge on any atom is -0.482 e. The van der Waals surface area contributed by atoms with E-state index >= 15 is 0 Å². The van der Waals surface area contributed by atoms with Crippen molar-refractivity contribution in [2.45, 2.75) is 6.92 Å². The van der Waals surface area contributed by atoms with Gasteiger partial charge in [0.15, 0.2) is 6.61 Å². The second-order valence-electron chi connectivity index (χ2n) is 7.34. The maximum Gasteiger partial charge on any atom is 0.262 e. The van der Waals surface area contributed by atoms with E-state index in [9.17, 15) is 9.59 Å². The molecule has 0 radical (unpaired) electrons. The fraction of sp³-hybridized carbons (Fsp3) is 0.130. The van der Waals surface area contributed by atoms with Crippen molar-refractivity contribution in [1.29, 1.82) is 0 Å². The van der Waals surface area contributed by atoms with Crippen molar-refractivity contribution in [2.75, 3.05) is 17.2 Å². The molecular weight excluding hydrogens is 394 g/mol. The van der Waals surface area contributed by atoms with E-state index in [2.05, 4.69) is 15.7 Å². The molecular formula is C23H19N5O3. The Balaban J connectivity index is 1.54. The van der Waals surface area contributed by atoms with Gasteiger partial charge in [-0.25, -0.2) is 4.98 Å². The summed E-state index contributed by atoms with van der Waals surface area (Å²) in [5, 5.41) is 10.7. The topological polar surface area (TPSA) is 98.1 Å². The van der Waals surface area contributed by atoms with Crippen LogP contribution < -0.4 is 15.4 Å². The maximum atomic E-state index is 13.3. The lowest BCUT2D eigenvalue weighted by Gasteiger charge is -2.18. The summed E-state index contributed by atoms with van der Waals surface area (Å²) in [5.74, 6) is 0.0515. The summed E-state index contributed by atoms with van der Waals surface area (Å²) in [7, 11) is 1.87. The third-order valence-corrected chi connectivity index (χ3v) is 5.34. The second kappa shape index (κ2) is 7.24. The number of para-hydroxylation sites is 1. The number of rotatable bonds is 3. The Morgan fingerprint density at radius 3 is 2.84 bits per heavy atom. The van der Waals surface area contributed by atoms with E-state index in [1.807, 2.05) is 38.2 Å². The van der Waals surface area contributed by atoms with E-state index < -0.39 is 0 Å². The van der Waals surface area contributed by atoms with Crippen LogP contribution in [0.2, 0.25) is 0 Å². The monoisotopic (exact) mass is 413 g/mol. The lowest BCUT2D eigenvalue weighted by molar-refractivity contribution is -0.118. The molecule has 31 heavy (non-hydrogen) atoms. The zero-order valence-electron chi connectivity index (χ0n) is 17.0. The molecule has 8 nitrogen and oxygen atoms in total. The van der Waals surface area contributed by atoms with Gasteiger partial charge in [-0.15, -0.1) is 0 Å². The Morgan fingerprint density at radius 2 is 2.03 bits per heavy atom. The van der Waals surface area contributed by atoms with Gasteiger partial charge in [0, 0.05) is 35.4 Å². The highest BCUT2D eigenvalue weighted by atomic mass is 16.5. The normalized spacial score (nSPS) is 12.8. The van der Waals surface area contributed by atoms with Crippen LogP contribution in [0.25, 0.3) is 22.2 Å². The van der Waals surface area contributed by atoms with Crippen LogP contribution in [0.15, 0.2) is 54.7 Å². The number of aromatic nitrogens is 3. The number of pyridine rings is 1. The number of benzene rings is 2. The van der Waals surface area contributed by atoms with Crippen LogP contribution in [-0.4, -0.2) is 33.2 Å². The van der Waals surface area contributed by atoms with E-state index in [4.69, 9.17) is 9.72 Å². The predicted molar refractivity (Wildman–Crippen MR) is 117 cm³/mol. The molecule has 2 amide bonds. The van der Waals surface area contributed by atoms with Gasteiger partial charge in [0.1, 0.15) is 5.75 Å². The summed E-state index contributed by atoms with van der Waals surface area (Å²) in [5.41, 5.74) is 4.91. The maximum absolute atomic E-state index is 13.3. The van der Waals surface area contributed by atoms with Crippen molar-refractivity contribution in [1.82, 2.24) is 14.8 Å². The minimum atomic E-state index is -0.263. The summed E-state index contributed by atoms with van der Waals surface area (Å²) >= 11 is 0. The van der Waals surface area contributed by atoms with Crippen molar-refractivity contribution < 1.29 is 14.3 Å². The van der Waals surface area contributed by atoms with Crippen LogP contribution in [0, 0.1) is 6.92 Å². The van der Waals surface area contributed by atoms with Gasteiger partial charge in [0.2, 0.25) is 0 Å². The Morgan fingerprint density at radius 1 is 1.19 bits per heavy atom. The molecule has 2 aromatic heterocycles. The van der Waals surface area contributed by atoms with Crippen LogP contribution in [0.3, 0.4) is 0 Å². The van der Waals surface area contributed by atoms with Crippen molar-refractivity contribution in [3.05, 3.63) is 66.0 Å². The fourth-order valence-corrected chi connectivity index (χ4v) is 3.60. The molecule has 4 aromatic rings. The number of nitrogens with zero attached hydrogens (tertiary/aromatic N) is 3. The number of amides is 2. The van der Waals surface area contributed by atoms with Gasteiger partial charge >= 0.3 is 0 Å². The molecule has 0 saturated carbocycles. The number of carbonyl (C=O) groups excluding carboxylic acids is 2. The lowest BCUT2D eigenvalue weighted by Crippen LogP contribution is -2.25. The number of hydrogen-bond donors (Lipinski definition) is 2. The number of anilines is 2. The number of fused-ring (bicyclic) bond motifs is 2. The molecule has 0 spiro atoms. The average molecular weight is 413 g/mol. The molecule has 2 aromatic carbocycles. The smallest absolute Gasteiger partial charge is 0.262 e. The van der Waals surface area contributed by atoms with E-state index in [0.717, 1.165) is 22.2 Å². The van der Waals surface area contributed by atoms with Crippen molar-refractivity contribution in [3.63, 3.8) is 0 Å². The highest BCUT2D eigenvalue weighted by Crippen LogP contribution is 2.32. The molecule has 0 atom stereocenters. The zero-order chi connectivity index (χ0) is 21.5. The second-order valence-corrected chi connectivity index (χ2v) is 7.34. The largest absolute Gasteiger partial charge is 0.482 e. The Bertz CT molecular complexity index is 1360. The van der Waals surface area contributed by atoms with Gasteiger partial charge < -0.3 is 15.4 Å². The van der Waals surface area contributed by atoms with Gasteiger partial charge in [-0.05, 0) is 31.2 Å². The molecule has 0 bridgehead atoms. The third kappa shape index (κ3) is 3.38. The van der Waals surface area contributed by atoms with E-state index in [0.29, 0.717) is 28.4 Å². The third-order valence-electron chi connectivity index (χ3n) is 5.34. The number of aryl methyl sites for hydroxylation is 1. The Kier molecular flexibility index (Phi) is 4.39. The zero-order valence-corrected chi connectivity index (χ0v) is 17.0. The fourth-order valence-electron chi connectivity index (χ4n) is 3.60. The number of ether oxygens (including phenoxy) is 1. The molecule has 5 rings (SSSR count). The quantitative estimate of drug-likeness (QED) is 0.535. The predicted octanol–water partition coefficient (Wildman–Crippen LogP) is 3.53. The molecule has 3 heterocycles. The molecule has 1 aliphatic heterocycles. The molecule has 0 fully saturated rings. The van der Waals surface area contributed by atoms with Gasteiger partial charge in [-0.3, -0.25) is 14.3 Å². The summed E-state index contributed by atoms with van der Waals surface area (Å²) in [6.07, 6.45) is 1.75. The first-order chi connectivity index (χ1) is 15.0. The van der Waals surface area contributed by atoms with Gasteiger partial charge in [-0.1, -0.05) is 18.2 Å². The summed E-state index contributed by atoms with van der Waals surface area (Å²) in [6, 6.07) is 14.5. The van der Waals surface area contributed by atoms with Crippen LogP contribution in [-0.2, 0) is 11.8 Å². The van der Waals surface area contributed by atoms with E-state index in [1.54, 1.807) is 35.1 Å². The first-order valence-electron chi connectivity index (χ1n) is 9.76. The first-order valence-corrected chi connectivity index (χ1v) is 9.76. The molecule has 154 valence electrons. The number of carbonyl (C=O) groups is 2. The molecule has 0 saturated heterocycles.